The minimum atomic E-state index is -0.561. The van der Waals surface area contributed by atoms with Crippen molar-refractivity contribution < 1.29 is 23.8 Å². The molecule has 1 aromatic heterocycles. The quantitative estimate of drug-likeness (QED) is 0.640. The largest absolute Gasteiger partial charge is 0.493 e. The number of benzene rings is 1. The molecule has 1 unspecified atom stereocenters. The van der Waals surface area contributed by atoms with Crippen LogP contribution in [0.25, 0.3) is 0 Å². The van der Waals surface area contributed by atoms with Gasteiger partial charge in [0.05, 0.1) is 32.6 Å². The van der Waals surface area contributed by atoms with Gasteiger partial charge in [-0.3, -0.25) is 9.80 Å². The first kappa shape index (κ1) is 21.6. The second kappa shape index (κ2) is 10.6. The fraction of sp³-hybridized carbons (Fsp3) is 0.571. The van der Waals surface area contributed by atoms with E-state index < -0.39 is 6.10 Å². The van der Waals surface area contributed by atoms with Gasteiger partial charge >= 0.3 is 0 Å². The number of aryl methyl sites for hydroxylation is 1. The number of aliphatic hydroxyl groups excluding tert-OH is 1. The normalized spacial score (nSPS) is 16.2. The molecule has 2 aromatic rings. The van der Waals surface area contributed by atoms with E-state index in [2.05, 4.69) is 15.0 Å². The molecule has 0 aliphatic carbocycles. The molecule has 29 heavy (non-hydrogen) atoms. The standard InChI is InChI=1S/C21H31N3O5/c1-16-10-19(29-22-16)14-23(2)12-17-4-5-20(21(11-17)26-3)28-15-18(25)13-24-6-8-27-9-7-24/h4-5,10-11,18,25H,6-9,12-15H2,1-3H3. The Morgan fingerprint density at radius 2 is 2.00 bits per heavy atom. The van der Waals surface area contributed by atoms with Crippen LogP contribution >= 0.6 is 0 Å². The number of nitrogens with zero attached hydrogens (tertiary/aromatic N) is 3. The van der Waals surface area contributed by atoms with Crippen molar-refractivity contribution in [2.24, 2.45) is 0 Å². The van der Waals surface area contributed by atoms with Crippen molar-refractivity contribution in [3.63, 3.8) is 0 Å². The Hall–Kier alpha value is -2.13. The molecule has 0 spiro atoms. The molecule has 1 aromatic carbocycles. The van der Waals surface area contributed by atoms with Crippen LogP contribution in [0.5, 0.6) is 11.5 Å². The Kier molecular flexibility index (Phi) is 7.88. The van der Waals surface area contributed by atoms with Crippen LogP contribution in [0, 0.1) is 6.92 Å². The van der Waals surface area contributed by atoms with Crippen LogP contribution in [0.2, 0.25) is 0 Å². The first-order valence-electron chi connectivity index (χ1n) is 9.92. The SMILES string of the molecule is COc1cc(CN(C)Cc2cc(C)no2)ccc1OCC(O)CN1CCOCC1. The van der Waals surface area contributed by atoms with E-state index in [1.54, 1.807) is 7.11 Å². The van der Waals surface area contributed by atoms with Gasteiger partial charge in [-0.25, -0.2) is 0 Å². The van der Waals surface area contributed by atoms with Crippen molar-refractivity contribution in [3.05, 3.63) is 41.3 Å². The summed E-state index contributed by atoms with van der Waals surface area (Å²) in [6, 6.07) is 7.80. The number of methoxy groups -OCH3 is 1. The smallest absolute Gasteiger partial charge is 0.161 e. The van der Waals surface area contributed by atoms with E-state index in [-0.39, 0.29) is 6.61 Å². The van der Waals surface area contributed by atoms with Gasteiger partial charge in [-0.15, -0.1) is 0 Å². The van der Waals surface area contributed by atoms with Crippen molar-refractivity contribution in [1.29, 1.82) is 0 Å². The van der Waals surface area contributed by atoms with E-state index in [1.165, 1.54) is 0 Å². The van der Waals surface area contributed by atoms with Gasteiger partial charge in [0.2, 0.25) is 0 Å². The zero-order chi connectivity index (χ0) is 20.6. The minimum Gasteiger partial charge on any atom is -0.493 e. The lowest BCUT2D eigenvalue weighted by Crippen LogP contribution is -2.42. The number of hydrogen-bond donors (Lipinski definition) is 1. The second-order valence-electron chi connectivity index (χ2n) is 7.47. The van der Waals surface area contributed by atoms with Crippen LogP contribution in [0.4, 0.5) is 0 Å². The third-order valence-electron chi connectivity index (χ3n) is 4.79. The van der Waals surface area contributed by atoms with Gasteiger partial charge in [0.25, 0.3) is 0 Å². The number of morpholine rings is 1. The van der Waals surface area contributed by atoms with Crippen LogP contribution in [0.15, 0.2) is 28.8 Å². The molecule has 0 radical (unpaired) electrons. The molecule has 3 rings (SSSR count). The highest BCUT2D eigenvalue weighted by atomic mass is 16.5. The maximum Gasteiger partial charge on any atom is 0.161 e. The molecule has 1 saturated heterocycles. The summed E-state index contributed by atoms with van der Waals surface area (Å²) in [4.78, 5) is 4.32. The lowest BCUT2D eigenvalue weighted by atomic mass is 10.2. The average Bonchev–Trinajstić information content (AvgIpc) is 3.12. The summed E-state index contributed by atoms with van der Waals surface area (Å²) < 4.78 is 21.9. The molecule has 1 aliphatic heterocycles. The monoisotopic (exact) mass is 405 g/mol. The molecule has 8 heteroatoms. The number of rotatable bonds is 10. The van der Waals surface area contributed by atoms with Gasteiger partial charge < -0.3 is 23.8 Å². The highest BCUT2D eigenvalue weighted by Crippen LogP contribution is 2.29. The summed E-state index contributed by atoms with van der Waals surface area (Å²) in [6.07, 6.45) is -0.561. The third kappa shape index (κ3) is 6.71. The fourth-order valence-corrected chi connectivity index (χ4v) is 3.37. The van der Waals surface area contributed by atoms with Gasteiger partial charge in [0.15, 0.2) is 17.3 Å². The Bertz CT molecular complexity index is 761. The molecule has 1 fully saturated rings. The van der Waals surface area contributed by atoms with E-state index in [0.717, 1.165) is 36.7 Å². The topological polar surface area (TPSA) is 80.4 Å². The number of aromatic nitrogens is 1. The van der Waals surface area contributed by atoms with Crippen LogP contribution in [0.1, 0.15) is 17.0 Å². The Morgan fingerprint density at radius 3 is 2.69 bits per heavy atom. The van der Waals surface area contributed by atoms with Crippen molar-refractivity contribution >= 4 is 0 Å². The predicted molar refractivity (Wildman–Crippen MR) is 108 cm³/mol. The molecule has 1 N–H and O–H groups in total. The first-order valence-corrected chi connectivity index (χ1v) is 9.92. The molecule has 0 bridgehead atoms. The predicted octanol–water partition coefficient (Wildman–Crippen LogP) is 1.70. The number of β-amino-alcohol motifs (C(OH)–C–C–N with tert-alkyl or cyclic N) is 1. The van der Waals surface area contributed by atoms with Gasteiger partial charge in [-0.05, 0) is 31.7 Å². The summed E-state index contributed by atoms with van der Waals surface area (Å²) in [7, 11) is 3.65. The summed E-state index contributed by atoms with van der Waals surface area (Å²) in [5, 5.41) is 14.2. The van der Waals surface area contributed by atoms with E-state index in [1.807, 2.05) is 38.2 Å². The molecule has 8 nitrogen and oxygen atoms in total. The Balaban J connectivity index is 1.51. The first-order chi connectivity index (χ1) is 14.0. The summed E-state index contributed by atoms with van der Waals surface area (Å²) in [5.41, 5.74) is 1.98. The number of hydrogen-bond acceptors (Lipinski definition) is 8. The lowest BCUT2D eigenvalue weighted by Gasteiger charge is -2.28. The third-order valence-corrected chi connectivity index (χ3v) is 4.79. The van der Waals surface area contributed by atoms with Crippen LogP contribution in [-0.4, -0.2) is 79.8 Å². The van der Waals surface area contributed by atoms with Crippen LogP contribution in [-0.2, 0) is 17.8 Å². The molecular formula is C21H31N3O5. The van der Waals surface area contributed by atoms with Crippen molar-refractivity contribution in [3.8, 4) is 11.5 Å². The van der Waals surface area contributed by atoms with Gasteiger partial charge in [-0.2, -0.15) is 0 Å². The number of ether oxygens (including phenoxy) is 3. The molecule has 2 heterocycles. The Morgan fingerprint density at radius 1 is 1.21 bits per heavy atom. The van der Waals surface area contributed by atoms with Gasteiger partial charge in [0.1, 0.15) is 12.7 Å². The number of aliphatic hydroxyl groups is 1. The molecule has 160 valence electrons. The van der Waals surface area contributed by atoms with Crippen molar-refractivity contribution in [1.82, 2.24) is 15.0 Å². The summed E-state index contributed by atoms with van der Waals surface area (Å²) in [5.74, 6) is 2.13. The van der Waals surface area contributed by atoms with E-state index >= 15 is 0 Å². The highest BCUT2D eigenvalue weighted by Gasteiger charge is 2.16. The fourth-order valence-electron chi connectivity index (χ4n) is 3.37. The molecule has 1 aliphatic rings. The zero-order valence-corrected chi connectivity index (χ0v) is 17.5. The van der Waals surface area contributed by atoms with Gasteiger partial charge in [-0.1, -0.05) is 11.2 Å². The maximum absolute atomic E-state index is 10.3. The summed E-state index contributed by atoms with van der Waals surface area (Å²) >= 11 is 0. The molecule has 1 atom stereocenters. The minimum absolute atomic E-state index is 0.220. The molecular weight excluding hydrogens is 374 g/mol. The van der Waals surface area contributed by atoms with E-state index in [9.17, 15) is 5.11 Å². The van der Waals surface area contributed by atoms with Crippen molar-refractivity contribution in [2.45, 2.75) is 26.1 Å². The van der Waals surface area contributed by atoms with E-state index in [0.29, 0.717) is 37.8 Å². The highest BCUT2D eigenvalue weighted by molar-refractivity contribution is 5.43. The molecule has 0 saturated carbocycles. The van der Waals surface area contributed by atoms with Gasteiger partial charge in [0, 0.05) is 32.2 Å². The Labute approximate surface area is 171 Å². The van der Waals surface area contributed by atoms with Crippen LogP contribution < -0.4 is 9.47 Å². The van der Waals surface area contributed by atoms with E-state index in [4.69, 9.17) is 18.7 Å². The van der Waals surface area contributed by atoms with Crippen molar-refractivity contribution in [2.75, 3.05) is 53.6 Å². The maximum atomic E-state index is 10.3. The zero-order valence-electron chi connectivity index (χ0n) is 17.5. The van der Waals surface area contributed by atoms with Crippen LogP contribution in [0.3, 0.4) is 0 Å². The average molecular weight is 405 g/mol. The molecule has 0 amide bonds. The summed E-state index contributed by atoms with van der Waals surface area (Å²) in [6.45, 7) is 7.24. The second-order valence-corrected chi connectivity index (χ2v) is 7.47. The lowest BCUT2D eigenvalue weighted by molar-refractivity contribution is 0.00445.